The molecule has 8 heteroatoms. The monoisotopic (exact) mass is 388 g/mol. The van der Waals surface area contributed by atoms with Crippen LogP contribution in [0, 0.1) is 5.41 Å². The van der Waals surface area contributed by atoms with Crippen LogP contribution in [0.5, 0.6) is 11.8 Å². The number of rotatable bonds is 7. The molecule has 0 saturated carbocycles. The Morgan fingerprint density at radius 2 is 1.74 bits per heavy atom. The van der Waals surface area contributed by atoms with E-state index in [1.807, 2.05) is 6.07 Å². The highest BCUT2D eigenvalue weighted by molar-refractivity contribution is 8.00. The van der Waals surface area contributed by atoms with Crippen molar-refractivity contribution in [2.45, 2.75) is 31.2 Å². The molecule has 0 radical (unpaired) electrons. The van der Waals surface area contributed by atoms with Crippen LogP contribution in [-0.4, -0.2) is 41.6 Å². The van der Waals surface area contributed by atoms with E-state index in [-0.39, 0.29) is 16.6 Å². The average molecular weight is 388 g/mol. The number of amides is 1. The first kappa shape index (κ1) is 20.7. The van der Waals surface area contributed by atoms with Crippen molar-refractivity contribution in [3.8, 4) is 11.8 Å². The van der Waals surface area contributed by atoms with Gasteiger partial charge in [-0.1, -0.05) is 50.7 Å². The number of carbonyl (C=O) groups excluding carboxylic acids is 1. The van der Waals surface area contributed by atoms with Gasteiger partial charge in [-0.3, -0.25) is 4.79 Å². The number of aromatic nitrogens is 2. The molecule has 0 fully saturated rings. The summed E-state index contributed by atoms with van der Waals surface area (Å²) in [6.45, 7) is 6.23. The van der Waals surface area contributed by atoms with E-state index in [9.17, 15) is 4.79 Å². The SMILES string of the molecule is COc1cc(OC)nc(SC(/C=N/NC(=O)c2ccccc2)C(C)(C)C)n1. The Hall–Kier alpha value is -2.61. The number of carbonyl (C=O) groups is 1. The lowest BCUT2D eigenvalue weighted by Gasteiger charge is -2.26. The van der Waals surface area contributed by atoms with Crippen molar-refractivity contribution in [2.24, 2.45) is 10.5 Å². The zero-order valence-corrected chi connectivity index (χ0v) is 16.9. The summed E-state index contributed by atoms with van der Waals surface area (Å²) in [6, 6.07) is 10.5. The lowest BCUT2D eigenvalue weighted by atomic mass is 9.92. The smallest absolute Gasteiger partial charge is 0.271 e. The van der Waals surface area contributed by atoms with E-state index in [4.69, 9.17) is 9.47 Å². The van der Waals surface area contributed by atoms with E-state index in [2.05, 4.69) is 41.3 Å². The van der Waals surface area contributed by atoms with Crippen molar-refractivity contribution in [1.82, 2.24) is 15.4 Å². The number of nitrogens with one attached hydrogen (secondary N) is 1. The van der Waals surface area contributed by atoms with Gasteiger partial charge in [0, 0.05) is 11.8 Å². The van der Waals surface area contributed by atoms with Gasteiger partial charge >= 0.3 is 0 Å². The summed E-state index contributed by atoms with van der Waals surface area (Å²) in [5.41, 5.74) is 2.96. The van der Waals surface area contributed by atoms with E-state index < -0.39 is 0 Å². The van der Waals surface area contributed by atoms with Gasteiger partial charge in [0.05, 0.1) is 25.5 Å². The standard InChI is InChI=1S/C19H24N4O3S/c1-19(2,3)14(12-20-23-17(24)13-9-7-6-8-10-13)27-18-21-15(25-4)11-16(22-18)26-5/h6-12,14H,1-5H3,(H,23,24)/b20-12+. The molecule has 1 aromatic carbocycles. The van der Waals surface area contributed by atoms with Gasteiger partial charge in [0.1, 0.15) is 0 Å². The molecule has 27 heavy (non-hydrogen) atoms. The molecule has 1 amide bonds. The number of nitrogens with zero attached hydrogens (tertiary/aromatic N) is 3. The summed E-state index contributed by atoms with van der Waals surface area (Å²) in [7, 11) is 3.08. The molecule has 1 heterocycles. The van der Waals surface area contributed by atoms with E-state index in [1.54, 1.807) is 36.5 Å². The number of methoxy groups -OCH3 is 2. The van der Waals surface area contributed by atoms with Gasteiger partial charge in [-0.2, -0.15) is 15.1 Å². The van der Waals surface area contributed by atoms with E-state index >= 15 is 0 Å². The van der Waals surface area contributed by atoms with E-state index in [0.717, 1.165) is 0 Å². The van der Waals surface area contributed by atoms with Crippen molar-refractivity contribution >= 4 is 23.9 Å². The van der Waals surface area contributed by atoms with Crippen LogP contribution in [0.25, 0.3) is 0 Å². The molecule has 0 aliphatic heterocycles. The van der Waals surface area contributed by atoms with Crippen molar-refractivity contribution in [2.75, 3.05) is 14.2 Å². The molecule has 144 valence electrons. The maximum Gasteiger partial charge on any atom is 0.271 e. The highest BCUT2D eigenvalue weighted by Gasteiger charge is 2.26. The van der Waals surface area contributed by atoms with E-state index in [1.165, 1.54) is 26.0 Å². The normalized spacial score (nSPS) is 12.6. The Bertz CT molecular complexity index is 769. The molecular weight excluding hydrogens is 364 g/mol. The minimum Gasteiger partial charge on any atom is -0.481 e. The first-order valence-electron chi connectivity index (χ1n) is 8.35. The number of hydrazone groups is 1. The van der Waals surface area contributed by atoms with Crippen LogP contribution in [0.4, 0.5) is 0 Å². The van der Waals surface area contributed by atoms with Crippen molar-refractivity contribution in [3.63, 3.8) is 0 Å². The molecule has 1 atom stereocenters. The third-order valence-corrected chi connectivity index (χ3v) is 5.05. The Morgan fingerprint density at radius 1 is 1.15 bits per heavy atom. The van der Waals surface area contributed by atoms with Crippen LogP contribution >= 0.6 is 11.8 Å². The molecule has 1 N–H and O–H groups in total. The van der Waals surface area contributed by atoms with Gasteiger partial charge in [-0.05, 0) is 17.5 Å². The second-order valence-electron chi connectivity index (χ2n) is 6.72. The summed E-state index contributed by atoms with van der Waals surface area (Å²) in [6.07, 6.45) is 1.70. The first-order valence-corrected chi connectivity index (χ1v) is 9.23. The zero-order chi connectivity index (χ0) is 19.9. The number of benzene rings is 1. The number of hydrogen-bond acceptors (Lipinski definition) is 7. The Morgan fingerprint density at radius 3 is 2.26 bits per heavy atom. The van der Waals surface area contributed by atoms with Gasteiger partial charge in [-0.25, -0.2) is 5.43 Å². The Balaban J connectivity index is 2.13. The Kier molecular flexibility index (Phi) is 7.18. The molecular formula is C19H24N4O3S. The number of thioether (sulfide) groups is 1. The second-order valence-corrected chi connectivity index (χ2v) is 7.83. The number of ether oxygens (including phenoxy) is 2. The molecule has 0 aliphatic carbocycles. The summed E-state index contributed by atoms with van der Waals surface area (Å²) < 4.78 is 10.4. The van der Waals surface area contributed by atoms with Crippen LogP contribution < -0.4 is 14.9 Å². The van der Waals surface area contributed by atoms with Gasteiger partial charge < -0.3 is 9.47 Å². The maximum absolute atomic E-state index is 12.1. The summed E-state index contributed by atoms with van der Waals surface area (Å²) >= 11 is 1.42. The maximum atomic E-state index is 12.1. The highest BCUT2D eigenvalue weighted by atomic mass is 32.2. The predicted molar refractivity (Wildman–Crippen MR) is 107 cm³/mol. The molecule has 0 saturated heterocycles. The fourth-order valence-electron chi connectivity index (χ4n) is 2.01. The van der Waals surface area contributed by atoms with Crippen molar-refractivity contribution < 1.29 is 14.3 Å². The quantitative estimate of drug-likeness (QED) is 0.339. The lowest BCUT2D eigenvalue weighted by molar-refractivity contribution is 0.0955. The molecule has 0 aliphatic rings. The summed E-state index contributed by atoms with van der Waals surface area (Å²) in [5, 5.41) is 4.55. The first-order chi connectivity index (χ1) is 12.8. The van der Waals surface area contributed by atoms with Crippen LogP contribution in [0.15, 0.2) is 46.7 Å². The van der Waals surface area contributed by atoms with Gasteiger partial charge in [0.25, 0.3) is 5.91 Å². The minimum absolute atomic E-state index is 0.0922. The number of hydrogen-bond donors (Lipinski definition) is 1. The molecule has 0 spiro atoms. The molecule has 7 nitrogen and oxygen atoms in total. The molecule has 1 aromatic heterocycles. The topological polar surface area (TPSA) is 85.7 Å². The van der Waals surface area contributed by atoms with Crippen molar-refractivity contribution in [1.29, 1.82) is 0 Å². The third-order valence-electron chi connectivity index (χ3n) is 3.57. The average Bonchev–Trinajstić information content (AvgIpc) is 2.66. The van der Waals surface area contributed by atoms with Gasteiger partial charge in [-0.15, -0.1) is 0 Å². The van der Waals surface area contributed by atoms with Gasteiger partial charge in [0.15, 0.2) is 5.16 Å². The molecule has 1 unspecified atom stereocenters. The lowest BCUT2D eigenvalue weighted by Crippen LogP contribution is -2.27. The summed E-state index contributed by atoms with van der Waals surface area (Å²) in [5.74, 6) is 0.585. The van der Waals surface area contributed by atoms with Crippen LogP contribution in [0.3, 0.4) is 0 Å². The van der Waals surface area contributed by atoms with Crippen LogP contribution in [-0.2, 0) is 0 Å². The zero-order valence-electron chi connectivity index (χ0n) is 16.1. The van der Waals surface area contributed by atoms with Crippen LogP contribution in [0.1, 0.15) is 31.1 Å². The molecule has 2 aromatic rings. The fraction of sp³-hybridized carbons (Fsp3) is 0.368. The third kappa shape index (κ3) is 6.25. The fourth-order valence-corrected chi connectivity index (χ4v) is 3.00. The van der Waals surface area contributed by atoms with Crippen LogP contribution in [0.2, 0.25) is 0 Å². The van der Waals surface area contributed by atoms with E-state index in [0.29, 0.717) is 22.5 Å². The predicted octanol–water partition coefficient (Wildman–Crippen LogP) is 3.42. The highest BCUT2D eigenvalue weighted by Crippen LogP contribution is 2.34. The Labute approximate surface area is 163 Å². The molecule has 0 bridgehead atoms. The van der Waals surface area contributed by atoms with Crippen molar-refractivity contribution in [3.05, 3.63) is 42.0 Å². The minimum atomic E-state index is -0.260. The van der Waals surface area contributed by atoms with Gasteiger partial charge in [0.2, 0.25) is 11.8 Å². The molecule has 2 rings (SSSR count). The summed E-state index contributed by atoms with van der Waals surface area (Å²) in [4.78, 5) is 20.8. The largest absolute Gasteiger partial charge is 0.481 e. The second kappa shape index (κ2) is 9.36.